The summed E-state index contributed by atoms with van der Waals surface area (Å²) in [5, 5.41) is 2.86. The third kappa shape index (κ3) is 3.98. The van der Waals surface area contributed by atoms with Crippen molar-refractivity contribution in [3.8, 4) is 0 Å². The van der Waals surface area contributed by atoms with Crippen molar-refractivity contribution >= 4 is 17.3 Å². The van der Waals surface area contributed by atoms with Gasteiger partial charge < -0.3 is 16.0 Å². The van der Waals surface area contributed by atoms with Crippen LogP contribution in [0.2, 0.25) is 0 Å². The van der Waals surface area contributed by atoms with Crippen molar-refractivity contribution in [2.45, 2.75) is 26.8 Å². The first-order valence-electron chi connectivity index (χ1n) is 5.76. The second-order valence-electron chi connectivity index (χ2n) is 4.62. The summed E-state index contributed by atoms with van der Waals surface area (Å²) in [6.45, 7) is 6.21. The molecule has 1 amide bonds. The molecular weight excluding hydrogens is 214 g/mol. The molecule has 3 N–H and O–H groups in total. The maximum atomic E-state index is 11.6. The topological polar surface area (TPSA) is 58.4 Å². The van der Waals surface area contributed by atoms with Crippen LogP contribution in [0.3, 0.4) is 0 Å². The van der Waals surface area contributed by atoms with Crippen LogP contribution in [0.4, 0.5) is 11.4 Å². The molecule has 94 valence electrons. The van der Waals surface area contributed by atoms with E-state index in [-0.39, 0.29) is 11.9 Å². The number of nitrogens with two attached hydrogens (primary N) is 1. The summed E-state index contributed by atoms with van der Waals surface area (Å²) in [5.41, 5.74) is 8.55. The highest BCUT2D eigenvalue weighted by Crippen LogP contribution is 2.19. The minimum atomic E-state index is 0.0250. The molecule has 0 saturated heterocycles. The van der Waals surface area contributed by atoms with E-state index < -0.39 is 0 Å². The van der Waals surface area contributed by atoms with E-state index >= 15 is 0 Å². The molecule has 0 saturated carbocycles. The fraction of sp³-hybridized carbons (Fsp3) is 0.462. The molecule has 0 unspecified atom stereocenters. The van der Waals surface area contributed by atoms with Crippen LogP contribution in [-0.4, -0.2) is 25.5 Å². The maximum Gasteiger partial charge on any atom is 0.239 e. The smallest absolute Gasteiger partial charge is 0.239 e. The fourth-order valence-electron chi connectivity index (χ4n) is 1.57. The first-order chi connectivity index (χ1) is 7.90. The Hall–Kier alpha value is -1.71. The monoisotopic (exact) mass is 235 g/mol. The number of nitrogens with zero attached hydrogens (tertiary/aromatic N) is 1. The van der Waals surface area contributed by atoms with Crippen LogP contribution < -0.4 is 16.0 Å². The highest BCUT2D eigenvalue weighted by Gasteiger charge is 2.08. The first-order valence-corrected chi connectivity index (χ1v) is 5.76. The minimum Gasteiger partial charge on any atom is -0.399 e. The van der Waals surface area contributed by atoms with Crippen molar-refractivity contribution < 1.29 is 4.79 Å². The van der Waals surface area contributed by atoms with Gasteiger partial charge in [0.15, 0.2) is 0 Å². The molecule has 4 nitrogen and oxygen atoms in total. The van der Waals surface area contributed by atoms with Gasteiger partial charge in [-0.05, 0) is 44.5 Å². The molecule has 0 aliphatic carbocycles. The van der Waals surface area contributed by atoms with E-state index in [1.54, 1.807) is 0 Å². The minimum absolute atomic E-state index is 0.0250. The number of hydrogen-bond donors (Lipinski definition) is 2. The average Bonchev–Trinajstić information content (AvgIpc) is 2.20. The summed E-state index contributed by atoms with van der Waals surface area (Å²) in [4.78, 5) is 13.5. The summed E-state index contributed by atoms with van der Waals surface area (Å²) in [6.07, 6.45) is 0. The average molecular weight is 235 g/mol. The summed E-state index contributed by atoms with van der Waals surface area (Å²) < 4.78 is 0. The Balaban J connectivity index is 2.66. The van der Waals surface area contributed by atoms with E-state index in [9.17, 15) is 4.79 Å². The lowest BCUT2D eigenvalue weighted by Gasteiger charge is -2.20. The summed E-state index contributed by atoms with van der Waals surface area (Å²) in [5.74, 6) is 0.0250. The Morgan fingerprint density at radius 2 is 2.12 bits per heavy atom. The van der Waals surface area contributed by atoms with Crippen molar-refractivity contribution in [3.63, 3.8) is 0 Å². The first kappa shape index (κ1) is 13.4. The van der Waals surface area contributed by atoms with Crippen LogP contribution in [0, 0.1) is 6.92 Å². The molecule has 0 radical (unpaired) electrons. The SMILES string of the molecule is Cc1cc(N(C)CC(=O)NC(C)C)ccc1N. The number of aryl methyl sites for hydroxylation is 1. The number of anilines is 2. The molecule has 0 spiro atoms. The predicted molar refractivity (Wildman–Crippen MR) is 72.1 cm³/mol. The summed E-state index contributed by atoms with van der Waals surface area (Å²) in [7, 11) is 1.89. The molecule has 0 bridgehead atoms. The summed E-state index contributed by atoms with van der Waals surface area (Å²) in [6, 6.07) is 5.94. The molecule has 0 aliphatic rings. The van der Waals surface area contributed by atoms with Crippen LogP contribution >= 0.6 is 0 Å². The third-order valence-electron chi connectivity index (χ3n) is 2.52. The number of amides is 1. The fourth-order valence-corrected chi connectivity index (χ4v) is 1.57. The van der Waals surface area contributed by atoms with Crippen LogP contribution in [0.15, 0.2) is 18.2 Å². The number of nitrogens with one attached hydrogen (secondary N) is 1. The highest BCUT2D eigenvalue weighted by molar-refractivity contribution is 5.81. The second kappa shape index (κ2) is 5.57. The molecule has 0 fully saturated rings. The lowest BCUT2D eigenvalue weighted by molar-refractivity contribution is -0.120. The van der Waals surface area contributed by atoms with Gasteiger partial charge in [-0.1, -0.05) is 0 Å². The standard InChI is InChI=1S/C13H21N3O/c1-9(2)15-13(17)8-16(4)11-5-6-12(14)10(3)7-11/h5-7,9H,8,14H2,1-4H3,(H,15,17). The van der Waals surface area contributed by atoms with Crippen molar-refractivity contribution in [1.29, 1.82) is 0 Å². The number of hydrogen-bond acceptors (Lipinski definition) is 3. The van der Waals surface area contributed by atoms with Crippen LogP contribution in [-0.2, 0) is 4.79 Å². The van der Waals surface area contributed by atoms with Gasteiger partial charge in [0.2, 0.25) is 5.91 Å². The Morgan fingerprint density at radius 3 is 2.65 bits per heavy atom. The molecule has 0 aliphatic heterocycles. The van der Waals surface area contributed by atoms with E-state index in [0.717, 1.165) is 16.9 Å². The van der Waals surface area contributed by atoms with Gasteiger partial charge in [-0.3, -0.25) is 4.79 Å². The van der Waals surface area contributed by atoms with E-state index in [1.165, 1.54) is 0 Å². The summed E-state index contributed by atoms with van der Waals surface area (Å²) >= 11 is 0. The zero-order chi connectivity index (χ0) is 13.0. The molecule has 0 atom stereocenters. The zero-order valence-corrected chi connectivity index (χ0v) is 10.9. The Bertz CT molecular complexity index is 402. The highest BCUT2D eigenvalue weighted by atomic mass is 16.2. The molecule has 4 heteroatoms. The van der Waals surface area contributed by atoms with Gasteiger partial charge in [0.1, 0.15) is 0 Å². The second-order valence-corrected chi connectivity index (χ2v) is 4.62. The van der Waals surface area contributed by atoms with Gasteiger partial charge in [-0.2, -0.15) is 0 Å². The lowest BCUT2D eigenvalue weighted by atomic mass is 10.1. The Labute approximate surface area is 103 Å². The van der Waals surface area contributed by atoms with Crippen molar-refractivity contribution in [3.05, 3.63) is 23.8 Å². The van der Waals surface area contributed by atoms with E-state index in [1.807, 2.05) is 50.9 Å². The lowest BCUT2D eigenvalue weighted by Crippen LogP contribution is -2.38. The molecule has 0 aromatic heterocycles. The number of nitrogen functional groups attached to an aromatic ring is 1. The molecule has 17 heavy (non-hydrogen) atoms. The number of carbonyl (C=O) groups is 1. The van der Waals surface area contributed by atoms with Crippen LogP contribution in [0.25, 0.3) is 0 Å². The number of carbonyl (C=O) groups excluding carboxylic acids is 1. The number of rotatable bonds is 4. The Morgan fingerprint density at radius 1 is 1.47 bits per heavy atom. The van der Waals surface area contributed by atoms with Gasteiger partial charge in [0, 0.05) is 24.5 Å². The van der Waals surface area contributed by atoms with Gasteiger partial charge in [-0.15, -0.1) is 0 Å². The quantitative estimate of drug-likeness (QED) is 0.778. The normalized spacial score (nSPS) is 10.4. The molecule has 0 heterocycles. The third-order valence-corrected chi connectivity index (χ3v) is 2.52. The van der Waals surface area contributed by atoms with Gasteiger partial charge in [0.05, 0.1) is 6.54 Å². The van der Waals surface area contributed by atoms with Crippen LogP contribution in [0.1, 0.15) is 19.4 Å². The largest absolute Gasteiger partial charge is 0.399 e. The van der Waals surface area contributed by atoms with Crippen molar-refractivity contribution in [1.82, 2.24) is 5.32 Å². The van der Waals surface area contributed by atoms with Crippen molar-refractivity contribution in [2.24, 2.45) is 0 Å². The van der Waals surface area contributed by atoms with E-state index in [2.05, 4.69) is 5.32 Å². The van der Waals surface area contributed by atoms with Gasteiger partial charge in [-0.25, -0.2) is 0 Å². The zero-order valence-electron chi connectivity index (χ0n) is 10.9. The van der Waals surface area contributed by atoms with Gasteiger partial charge >= 0.3 is 0 Å². The van der Waals surface area contributed by atoms with Crippen LogP contribution in [0.5, 0.6) is 0 Å². The Kier molecular flexibility index (Phi) is 4.37. The van der Waals surface area contributed by atoms with Crippen molar-refractivity contribution in [2.75, 3.05) is 24.2 Å². The van der Waals surface area contributed by atoms with E-state index in [4.69, 9.17) is 5.73 Å². The molecule has 1 rings (SSSR count). The van der Waals surface area contributed by atoms with E-state index in [0.29, 0.717) is 6.54 Å². The molecular formula is C13H21N3O. The molecule has 1 aromatic carbocycles. The van der Waals surface area contributed by atoms with Gasteiger partial charge in [0.25, 0.3) is 0 Å². The number of benzene rings is 1. The predicted octanol–water partition coefficient (Wildman–Crippen LogP) is 1.54. The maximum absolute atomic E-state index is 11.6. The molecule has 1 aromatic rings. The number of likely N-dealkylation sites (N-methyl/N-ethyl adjacent to an activating group) is 1.